The van der Waals surface area contributed by atoms with Gasteiger partial charge in [0.1, 0.15) is 0 Å². The first-order valence-corrected chi connectivity index (χ1v) is 9.10. The van der Waals surface area contributed by atoms with Crippen molar-refractivity contribution < 1.29 is 22.1 Å². The summed E-state index contributed by atoms with van der Waals surface area (Å²) in [7, 11) is 0. The summed E-state index contributed by atoms with van der Waals surface area (Å²) in [5, 5.41) is 4.21. The maximum absolute atomic E-state index is 11.3. The van der Waals surface area contributed by atoms with Crippen molar-refractivity contribution in [2.75, 3.05) is 0 Å². The summed E-state index contributed by atoms with van der Waals surface area (Å²) in [6.07, 6.45) is 7.91. The van der Waals surface area contributed by atoms with Gasteiger partial charge in [-0.15, -0.1) is 0 Å². The first-order valence-electron chi connectivity index (χ1n) is 3.42. The van der Waals surface area contributed by atoms with Crippen molar-refractivity contribution in [3.63, 3.8) is 0 Å². The van der Waals surface area contributed by atoms with Crippen molar-refractivity contribution in [2.45, 2.75) is 23.5 Å². The monoisotopic (exact) mass is 332 g/mol. The Balaban J connectivity index is 2.37. The van der Waals surface area contributed by atoms with Gasteiger partial charge >= 0.3 is 73.5 Å². The molecule has 2 heteroatoms. The van der Waals surface area contributed by atoms with Crippen molar-refractivity contribution in [3.05, 3.63) is 23.8 Å². The number of rotatable bonds is 3. The molecule has 0 fully saturated rings. The molecule has 0 aromatic carbocycles. The number of carbonyl (C=O) groups is 1. The van der Waals surface area contributed by atoms with E-state index in [2.05, 4.69) is 22.8 Å². The normalized spacial score (nSPS) is 16.5. The molecule has 11 heavy (non-hydrogen) atoms. The van der Waals surface area contributed by atoms with Gasteiger partial charge in [-0.3, -0.25) is 0 Å². The summed E-state index contributed by atoms with van der Waals surface area (Å²) in [4.78, 5) is 11.3. The molecule has 0 saturated heterocycles. The fraction of sp³-hybridized carbons (Fsp3) is 0.444. The molecule has 0 unspecified atom stereocenters. The maximum atomic E-state index is 11.3. The minimum absolute atomic E-state index is 0.505. The van der Waals surface area contributed by atoms with E-state index in [0.29, 0.717) is 10.6 Å². The zero-order valence-electron chi connectivity index (χ0n) is 6.87. The molecule has 0 radical (unpaired) electrons. The van der Waals surface area contributed by atoms with Gasteiger partial charge in [0.15, 0.2) is 0 Å². The molecular weight excluding hydrogens is 319 g/mol. The van der Waals surface area contributed by atoms with Crippen LogP contribution in [0.3, 0.4) is 0 Å². The third kappa shape index (κ3) is 2.75. The molecule has 0 saturated carbocycles. The number of hydrogen-bond acceptors (Lipinski definition) is 1. The number of carbonyl (C=O) groups excluding carboxylic acids is 1. The van der Waals surface area contributed by atoms with Crippen molar-refractivity contribution in [1.29, 1.82) is 0 Å². The van der Waals surface area contributed by atoms with Crippen LogP contribution in [0.25, 0.3) is 0 Å². The molecule has 65 valence electrons. The average Bonchev–Trinajstić information content (AvgIpc) is 2.39. The quantitative estimate of drug-likeness (QED) is 0.776. The molecule has 0 aromatic rings. The van der Waals surface area contributed by atoms with E-state index in [9.17, 15) is 4.79 Å². The van der Waals surface area contributed by atoms with Crippen LogP contribution in [-0.2, 0) is 22.1 Å². The molecule has 1 rings (SSSR count). The van der Waals surface area contributed by atoms with Crippen LogP contribution >= 0.6 is 0 Å². The predicted octanol–water partition coefficient (Wildman–Crippen LogP) is 2.50. The van der Waals surface area contributed by atoms with Gasteiger partial charge in [-0.05, 0) is 0 Å². The van der Waals surface area contributed by atoms with E-state index < -0.39 is 17.3 Å². The summed E-state index contributed by atoms with van der Waals surface area (Å²) in [5.41, 5.74) is 1.29. The Labute approximate surface area is 73.7 Å². The first-order chi connectivity index (χ1) is 5.20. The Kier molecular flexibility index (Phi) is 3.26. The molecule has 0 bridgehead atoms. The van der Waals surface area contributed by atoms with Crippen molar-refractivity contribution >= 4 is 4.17 Å². The molecule has 0 heterocycles. The molecule has 1 aliphatic rings. The van der Waals surface area contributed by atoms with Crippen LogP contribution in [-0.4, -0.2) is 4.17 Å². The Morgan fingerprint density at radius 2 is 2.36 bits per heavy atom. The van der Waals surface area contributed by atoms with Gasteiger partial charge in [0.25, 0.3) is 0 Å². The van der Waals surface area contributed by atoms with Gasteiger partial charge in [0.2, 0.25) is 0 Å². The molecule has 1 nitrogen and oxygen atoms in total. The zero-order chi connectivity index (χ0) is 8.27. The second-order valence-corrected chi connectivity index (χ2v) is 8.40. The van der Waals surface area contributed by atoms with Crippen LogP contribution in [0.2, 0.25) is 10.6 Å². The van der Waals surface area contributed by atoms with Crippen LogP contribution < -0.4 is 0 Å². The van der Waals surface area contributed by atoms with E-state index in [1.54, 1.807) is 0 Å². The molecule has 0 N–H and O–H groups in total. The van der Waals surface area contributed by atoms with E-state index in [4.69, 9.17) is 0 Å². The summed E-state index contributed by atoms with van der Waals surface area (Å²) >= 11 is -1.19. The van der Waals surface area contributed by atoms with Gasteiger partial charge in [-0.1, -0.05) is 0 Å². The summed E-state index contributed by atoms with van der Waals surface area (Å²) in [6.45, 7) is 0. The minimum atomic E-state index is -1.19. The Bertz CT molecular complexity index is 214. The van der Waals surface area contributed by atoms with E-state index >= 15 is 0 Å². The summed E-state index contributed by atoms with van der Waals surface area (Å²) < 4.78 is 0.505. The van der Waals surface area contributed by atoms with Gasteiger partial charge in [0.05, 0.1) is 0 Å². The third-order valence-electron chi connectivity index (χ3n) is 1.56. The van der Waals surface area contributed by atoms with Crippen molar-refractivity contribution in [1.82, 2.24) is 0 Å². The topological polar surface area (TPSA) is 17.1 Å². The average molecular weight is 332 g/mol. The second kappa shape index (κ2) is 4.01. The molecule has 0 aliphatic heterocycles. The fourth-order valence-corrected chi connectivity index (χ4v) is 2.22. The SMILES string of the molecule is [CH3][Pt]([CH3])[C](=O)CC1=CC=CC1. The van der Waals surface area contributed by atoms with Crippen molar-refractivity contribution in [2.24, 2.45) is 0 Å². The van der Waals surface area contributed by atoms with Crippen LogP contribution in [0.5, 0.6) is 0 Å². The van der Waals surface area contributed by atoms with Crippen LogP contribution in [0.4, 0.5) is 0 Å². The number of allylic oxidation sites excluding steroid dienone is 4. The third-order valence-corrected chi connectivity index (χ3v) is 4.49. The Hall–Kier alpha value is -0.162. The summed E-state index contributed by atoms with van der Waals surface area (Å²) in [5.74, 6) is 0. The molecule has 0 aromatic heterocycles. The summed E-state index contributed by atoms with van der Waals surface area (Å²) in [6, 6.07) is 0. The fourth-order valence-electron chi connectivity index (χ4n) is 0.899. The standard InChI is InChI=1S/C7H7O.2CH3.Pt/c8-6-5-7-3-1-2-4-7;;;/h1-3H,4-5H2;2*1H3;. The van der Waals surface area contributed by atoms with Crippen molar-refractivity contribution in [3.8, 4) is 0 Å². The zero-order valence-corrected chi connectivity index (χ0v) is 9.14. The molecule has 0 atom stereocenters. The predicted molar refractivity (Wildman–Crippen MR) is 43.2 cm³/mol. The molecule has 0 amide bonds. The first kappa shape index (κ1) is 8.93. The molecular formula is C9H13OPt. The van der Waals surface area contributed by atoms with Gasteiger partial charge in [-0.2, -0.15) is 0 Å². The number of hydrogen-bond donors (Lipinski definition) is 0. The van der Waals surface area contributed by atoms with E-state index in [0.717, 1.165) is 6.42 Å². The van der Waals surface area contributed by atoms with Crippen LogP contribution in [0, 0.1) is 0 Å². The molecule has 1 aliphatic carbocycles. The van der Waals surface area contributed by atoms with Gasteiger partial charge in [0, 0.05) is 0 Å². The Morgan fingerprint density at radius 3 is 2.82 bits per heavy atom. The van der Waals surface area contributed by atoms with Gasteiger partial charge < -0.3 is 0 Å². The van der Waals surface area contributed by atoms with Crippen LogP contribution in [0.1, 0.15) is 12.8 Å². The van der Waals surface area contributed by atoms with E-state index in [1.165, 1.54) is 5.57 Å². The van der Waals surface area contributed by atoms with E-state index in [-0.39, 0.29) is 0 Å². The molecule has 0 spiro atoms. The van der Waals surface area contributed by atoms with Gasteiger partial charge in [-0.25, -0.2) is 0 Å². The Morgan fingerprint density at radius 1 is 1.64 bits per heavy atom. The second-order valence-electron chi connectivity index (χ2n) is 2.59. The van der Waals surface area contributed by atoms with Crippen LogP contribution in [0.15, 0.2) is 23.8 Å². The van der Waals surface area contributed by atoms with E-state index in [1.807, 2.05) is 6.08 Å².